The molecule has 0 aliphatic carbocycles. The van der Waals surface area contributed by atoms with Crippen LogP contribution in [0.25, 0.3) is 0 Å². The molecule has 3 atom stereocenters. The van der Waals surface area contributed by atoms with Crippen LogP contribution >= 0.6 is 23.2 Å². The second kappa shape index (κ2) is 4.69. The van der Waals surface area contributed by atoms with Crippen LogP contribution in [0.3, 0.4) is 0 Å². The average Bonchev–Trinajstić information content (AvgIpc) is 2.63. The molecule has 1 aliphatic heterocycles. The zero-order valence-electron chi connectivity index (χ0n) is 8.28. The van der Waals surface area contributed by atoms with Crippen molar-refractivity contribution in [2.75, 3.05) is 0 Å². The van der Waals surface area contributed by atoms with Gasteiger partial charge in [0.15, 0.2) is 0 Å². The lowest BCUT2D eigenvalue weighted by Crippen LogP contribution is -2.39. The van der Waals surface area contributed by atoms with Crippen molar-refractivity contribution in [3.63, 3.8) is 0 Å². The summed E-state index contributed by atoms with van der Waals surface area (Å²) in [7, 11) is 0. The maximum absolute atomic E-state index is 10.9. The Kier molecular flexibility index (Phi) is 3.47. The Bertz CT molecular complexity index is 413. The van der Waals surface area contributed by atoms with Crippen LogP contribution < -0.4 is 16.6 Å². The summed E-state index contributed by atoms with van der Waals surface area (Å²) in [4.78, 5) is 10.9. The maximum atomic E-state index is 10.9. The van der Waals surface area contributed by atoms with Crippen molar-refractivity contribution in [2.45, 2.75) is 12.2 Å². The topological polar surface area (TPSA) is 67.2 Å². The van der Waals surface area contributed by atoms with E-state index in [1.807, 2.05) is 6.07 Å². The molecule has 1 aromatic rings. The normalized spacial score (nSPS) is 29.3. The Morgan fingerprint density at radius 3 is 2.62 bits per heavy atom. The second-order valence-electron chi connectivity index (χ2n) is 3.68. The summed E-state index contributed by atoms with van der Waals surface area (Å²) in [5.41, 5.74) is 12.4. The minimum atomic E-state index is -0.392. The Labute approximate surface area is 103 Å². The number of nitrogens with one attached hydrogen (secondary N) is 2. The predicted molar refractivity (Wildman–Crippen MR) is 63.0 cm³/mol. The van der Waals surface area contributed by atoms with Crippen LogP contribution in [0.5, 0.6) is 0 Å². The van der Waals surface area contributed by atoms with Crippen LogP contribution in [0.1, 0.15) is 11.6 Å². The summed E-state index contributed by atoms with van der Waals surface area (Å²) in [6.07, 6.45) is 0.446. The van der Waals surface area contributed by atoms with Gasteiger partial charge >= 0.3 is 0 Å². The monoisotopic (exact) mass is 259 g/mol. The van der Waals surface area contributed by atoms with Crippen LogP contribution in [0, 0.1) is 5.92 Å². The van der Waals surface area contributed by atoms with Gasteiger partial charge < -0.3 is 10.5 Å². The molecular weight excluding hydrogens is 249 g/mol. The van der Waals surface area contributed by atoms with Crippen molar-refractivity contribution < 1.29 is 4.79 Å². The highest BCUT2D eigenvalue weighted by molar-refractivity contribution is 6.42. The van der Waals surface area contributed by atoms with E-state index in [0.29, 0.717) is 10.0 Å². The molecule has 1 fully saturated rings. The summed E-state index contributed by atoms with van der Waals surface area (Å²) in [5, 5.41) is 0.953. The van der Waals surface area contributed by atoms with Crippen molar-refractivity contribution >= 4 is 29.5 Å². The molecule has 4 N–H and O–H groups in total. The van der Waals surface area contributed by atoms with Gasteiger partial charge in [-0.15, -0.1) is 0 Å². The lowest BCUT2D eigenvalue weighted by Gasteiger charge is -2.15. The Hall–Kier alpha value is -0.650. The Morgan fingerprint density at radius 2 is 2.00 bits per heavy atom. The minimum Gasteiger partial charge on any atom is -0.314 e. The molecule has 16 heavy (non-hydrogen) atoms. The molecule has 86 valence electrons. The standard InChI is InChI=1S/C10H11Cl2N3O/c11-7-2-1-5(3-8(7)12)9-6(4-16)10(13)15-14-9/h1-4,6,9-10,14-15H,13H2. The van der Waals surface area contributed by atoms with Gasteiger partial charge in [0, 0.05) is 0 Å². The van der Waals surface area contributed by atoms with Gasteiger partial charge in [-0.3, -0.25) is 0 Å². The number of carbonyl (C=O) groups excluding carboxylic acids is 1. The first kappa shape index (κ1) is 11.8. The molecule has 3 unspecified atom stereocenters. The van der Waals surface area contributed by atoms with Crippen LogP contribution in [-0.4, -0.2) is 12.5 Å². The summed E-state index contributed by atoms with van der Waals surface area (Å²) in [5.74, 6) is -0.322. The number of benzene rings is 1. The van der Waals surface area contributed by atoms with Gasteiger partial charge in [-0.1, -0.05) is 29.3 Å². The summed E-state index contributed by atoms with van der Waals surface area (Å²) in [6, 6.07) is 5.08. The number of carbonyl (C=O) groups is 1. The molecule has 0 spiro atoms. The van der Waals surface area contributed by atoms with Gasteiger partial charge in [-0.25, -0.2) is 10.9 Å². The van der Waals surface area contributed by atoms with E-state index in [2.05, 4.69) is 10.9 Å². The second-order valence-corrected chi connectivity index (χ2v) is 4.49. The third-order valence-corrected chi connectivity index (χ3v) is 3.40. The first-order chi connectivity index (χ1) is 7.63. The molecule has 0 bridgehead atoms. The van der Waals surface area contributed by atoms with Gasteiger partial charge in [0.1, 0.15) is 6.29 Å². The SMILES string of the molecule is NC1NNC(c2ccc(Cl)c(Cl)c2)C1C=O. The molecule has 0 saturated carbocycles. The number of hydrogen-bond acceptors (Lipinski definition) is 4. The molecular formula is C10H11Cl2N3O. The molecule has 0 amide bonds. The van der Waals surface area contributed by atoms with Gasteiger partial charge in [-0.2, -0.15) is 0 Å². The number of hydrogen-bond donors (Lipinski definition) is 3. The highest BCUT2D eigenvalue weighted by Crippen LogP contribution is 2.30. The molecule has 0 aromatic heterocycles. The van der Waals surface area contributed by atoms with Crippen molar-refractivity contribution in [1.29, 1.82) is 0 Å². The predicted octanol–water partition coefficient (Wildman–Crippen LogP) is 1.24. The van der Waals surface area contributed by atoms with E-state index in [9.17, 15) is 4.79 Å². The first-order valence-corrected chi connectivity index (χ1v) is 5.56. The molecule has 4 nitrogen and oxygen atoms in total. The Balaban J connectivity index is 2.30. The van der Waals surface area contributed by atoms with Gasteiger partial charge in [0.2, 0.25) is 0 Å². The summed E-state index contributed by atoms with van der Waals surface area (Å²) in [6.45, 7) is 0. The molecule has 6 heteroatoms. The van der Waals surface area contributed by atoms with Crippen LogP contribution in [0.4, 0.5) is 0 Å². The third-order valence-electron chi connectivity index (χ3n) is 2.66. The van der Waals surface area contributed by atoms with Gasteiger partial charge in [0.25, 0.3) is 0 Å². The first-order valence-electron chi connectivity index (χ1n) is 4.80. The smallest absolute Gasteiger partial charge is 0.127 e. The fourth-order valence-corrected chi connectivity index (χ4v) is 2.07. The van der Waals surface area contributed by atoms with Crippen molar-refractivity contribution in [2.24, 2.45) is 11.7 Å². The number of hydrazine groups is 1. The number of rotatable bonds is 2. The molecule has 1 saturated heterocycles. The van der Waals surface area contributed by atoms with Gasteiger partial charge in [0.05, 0.1) is 28.2 Å². The molecule has 1 aliphatic rings. The largest absolute Gasteiger partial charge is 0.314 e. The van der Waals surface area contributed by atoms with E-state index < -0.39 is 6.17 Å². The van der Waals surface area contributed by atoms with E-state index in [0.717, 1.165) is 11.8 Å². The zero-order valence-corrected chi connectivity index (χ0v) is 9.79. The lowest BCUT2D eigenvalue weighted by atomic mass is 9.94. The summed E-state index contributed by atoms with van der Waals surface area (Å²) >= 11 is 11.7. The average molecular weight is 260 g/mol. The fraction of sp³-hybridized carbons (Fsp3) is 0.300. The summed E-state index contributed by atoms with van der Waals surface area (Å²) < 4.78 is 0. The van der Waals surface area contributed by atoms with Crippen molar-refractivity contribution in [3.05, 3.63) is 33.8 Å². The minimum absolute atomic E-state index is 0.178. The molecule has 0 radical (unpaired) electrons. The highest BCUT2D eigenvalue weighted by atomic mass is 35.5. The lowest BCUT2D eigenvalue weighted by molar-refractivity contribution is -0.111. The van der Waals surface area contributed by atoms with Crippen molar-refractivity contribution in [1.82, 2.24) is 10.9 Å². The number of halogens is 2. The fourth-order valence-electron chi connectivity index (χ4n) is 1.76. The molecule has 2 rings (SSSR count). The zero-order chi connectivity index (χ0) is 11.7. The molecule has 1 heterocycles. The van der Waals surface area contributed by atoms with E-state index >= 15 is 0 Å². The maximum Gasteiger partial charge on any atom is 0.127 e. The van der Waals surface area contributed by atoms with Crippen LogP contribution in [0.15, 0.2) is 18.2 Å². The molecule has 1 aromatic carbocycles. The van der Waals surface area contributed by atoms with E-state index in [1.54, 1.807) is 12.1 Å². The number of nitrogens with two attached hydrogens (primary N) is 1. The van der Waals surface area contributed by atoms with Crippen LogP contribution in [0.2, 0.25) is 10.0 Å². The van der Waals surface area contributed by atoms with E-state index in [4.69, 9.17) is 28.9 Å². The quantitative estimate of drug-likeness (QED) is 0.700. The van der Waals surface area contributed by atoms with Gasteiger partial charge in [-0.05, 0) is 17.7 Å². The third kappa shape index (κ3) is 2.07. The van der Waals surface area contributed by atoms with Crippen LogP contribution in [-0.2, 0) is 4.79 Å². The van der Waals surface area contributed by atoms with Crippen molar-refractivity contribution in [3.8, 4) is 0 Å². The van der Waals surface area contributed by atoms with E-state index in [1.165, 1.54) is 0 Å². The van der Waals surface area contributed by atoms with E-state index in [-0.39, 0.29) is 12.0 Å². The number of aldehydes is 1. The Morgan fingerprint density at radius 1 is 1.25 bits per heavy atom. The highest BCUT2D eigenvalue weighted by Gasteiger charge is 2.34.